The highest BCUT2D eigenvalue weighted by Gasteiger charge is 1.73. The number of carboxylic acid groups (broad SMARTS) is 1. The van der Waals surface area contributed by atoms with E-state index in [9.17, 15) is 4.79 Å². The Hall–Kier alpha value is -1.34. The van der Waals surface area contributed by atoms with Crippen molar-refractivity contribution in [1.82, 2.24) is 0 Å². The number of rotatable bonds is 1. The van der Waals surface area contributed by atoms with Crippen LogP contribution in [0.2, 0.25) is 0 Å². The largest absolute Gasteiger partial charge is 0.478 e. The fourth-order valence-electron chi connectivity index (χ4n) is 0. The topological polar surface area (TPSA) is 61.2 Å². The van der Waals surface area contributed by atoms with Gasteiger partial charge in [0.25, 0.3) is 0 Å². The van der Waals surface area contributed by atoms with Crippen molar-refractivity contribution in [1.29, 1.82) is 5.41 Å². The van der Waals surface area contributed by atoms with Gasteiger partial charge in [0.05, 0.1) is 0 Å². The smallest absolute Gasteiger partial charge is 0.327 e. The minimum atomic E-state index is -0.981. The number of carbonyl (C=O) groups is 1. The van der Waals surface area contributed by atoms with Crippen molar-refractivity contribution in [2.24, 2.45) is 0 Å². The lowest BCUT2D eigenvalue weighted by atomic mass is 10.7. The molecule has 0 aliphatic heterocycles. The molecule has 0 saturated heterocycles. The molecule has 0 aliphatic carbocycles. The van der Waals surface area contributed by atoms with Crippen LogP contribution in [0.3, 0.4) is 0 Å². The second-order valence-corrected chi connectivity index (χ2v) is 0.719. The number of carboxylic acids is 1. The molecule has 0 aromatic rings. The molecule has 0 fully saturated rings. The number of aliphatic carboxylic acids is 1. The van der Waals surface area contributed by atoms with Crippen LogP contribution in [0.4, 0.5) is 0 Å². The van der Waals surface area contributed by atoms with Crippen molar-refractivity contribution in [3.63, 3.8) is 0 Å². The molecule has 0 aliphatic rings. The number of hydrogen-bond donors (Lipinski definition) is 2. The summed E-state index contributed by atoms with van der Waals surface area (Å²) >= 11 is 0. The van der Waals surface area contributed by atoms with Crippen molar-refractivity contribution in [2.75, 3.05) is 0 Å². The summed E-state index contributed by atoms with van der Waals surface area (Å²) in [5, 5.41) is 13.5. The summed E-state index contributed by atoms with van der Waals surface area (Å²) in [6, 6.07) is 0. The predicted octanol–water partition coefficient (Wildman–Crippen LogP) is 0.678. The highest BCUT2D eigenvalue weighted by Crippen LogP contribution is 1.54. The molecule has 0 amide bonds. The van der Waals surface area contributed by atoms with Crippen LogP contribution in [0.1, 0.15) is 0 Å². The SMILES string of the molecule is C=C=N.C=CC(=O)O. The zero-order valence-corrected chi connectivity index (χ0v) is 4.35. The first-order valence-electron chi connectivity index (χ1n) is 1.73. The summed E-state index contributed by atoms with van der Waals surface area (Å²) in [7, 11) is 0. The first kappa shape index (κ1) is 9.83. The van der Waals surface area contributed by atoms with E-state index in [1.54, 1.807) is 5.87 Å². The Bertz CT molecular complexity index is 112. The highest BCUT2D eigenvalue weighted by atomic mass is 16.4. The molecule has 3 heteroatoms. The van der Waals surface area contributed by atoms with E-state index in [0.717, 1.165) is 6.08 Å². The fraction of sp³-hybridized carbons (Fsp3) is 0. The lowest BCUT2D eigenvalue weighted by molar-refractivity contribution is -0.131. The van der Waals surface area contributed by atoms with Gasteiger partial charge >= 0.3 is 5.97 Å². The van der Waals surface area contributed by atoms with Crippen LogP contribution in [-0.4, -0.2) is 16.9 Å². The zero-order chi connectivity index (χ0) is 6.99. The molecule has 0 rings (SSSR count). The van der Waals surface area contributed by atoms with Crippen LogP contribution in [0.15, 0.2) is 19.2 Å². The van der Waals surface area contributed by atoms with Crippen molar-refractivity contribution in [3.05, 3.63) is 19.2 Å². The van der Waals surface area contributed by atoms with Crippen molar-refractivity contribution < 1.29 is 9.90 Å². The van der Waals surface area contributed by atoms with Gasteiger partial charge in [0.15, 0.2) is 0 Å². The van der Waals surface area contributed by atoms with E-state index in [1.807, 2.05) is 0 Å². The van der Waals surface area contributed by atoms with Crippen molar-refractivity contribution in [3.8, 4) is 0 Å². The second kappa shape index (κ2) is 9.18. The van der Waals surface area contributed by atoms with Gasteiger partial charge in [0.1, 0.15) is 0 Å². The van der Waals surface area contributed by atoms with E-state index < -0.39 is 5.97 Å². The van der Waals surface area contributed by atoms with E-state index in [2.05, 4.69) is 13.2 Å². The van der Waals surface area contributed by atoms with Crippen LogP contribution in [-0.2, 0) is 4.79 Å². The summed E-state index contributed by atoms with van der Waals surface area (Å²) in [6.45, 7) is 5.86. The Morgan fingerprint density at radius 3 is 2.00 bits per heavy atom. The summed E-state index contributed by atoms with van der Waals surface area (Å²) in [5.41, 5.74) is 0. The molecule has 0 spiro atoms. The minimum Gasteiger partial charge on any atom is -0.478 e. The average Bonchev–Trinajstić information content (AvgIpc) is 1.69. The first-order chi connectivity index (χ1) is 3.68. The maximum absolute atomic E-state index is 9.25. The monoisotopic (exact) mass is 113 g/mol. The molecule has 44 valence electrons. The number of nitrogens with one attached hydrogen (secondary N) is 1. The van der Waals surface area contributed by atoms with E-state index in [0.29, 0.717) is 0 Å². The van der Waals surface area contributed by atoms with Gasteiger partial charge in [-0.25, -0.2) is 4.79 Å². The Labute approximate surface area is 47.5 Å². The fourth-order valence-corrected chi connectivity index (χ4v) is 0. The molecule has 0 atom stereocenters. The molecule has 2 N–H and O–H groups in total. The molecular weight excluding hydrogens is 106 g/mol. The minimum absolute atomic E-state index is 0.833. The maximum Gasteiger partial charge on any atom is 0.327 e. The Kier molecular flexibility index (Phi) is 11.3. The van der Waals surface area contributed by atoms with Crippen molar-refractivity contribution in [2.45, 2.75) is 0 Å². The van der Waals surface area contributed by atoms with Crippen LogP contribution in [0.5, 0.6) is 0 Å². The first-order valence-corrected chi connectivity index (χ1v) is 1.73. The van der Waals surface area contributed by atoms with Crippen LogP contribution in [0, 0.1) is 5.41 Å². The van der Waals surface area contributed by atoms with Gasteiger partial charge in [-0.3, -0.25) is 5.41 Å². The average molecular weight is 113 g/mol. The third-order valence-electron chi connectivity index (χ3n) is 0.175. The third-order valence-corrected chi connectivity index (χ3v) is 0.175. The Morgan fingerprint density at radius 2 is 2.00 bits per heavy atom. The summed E-state index contributed by atoms with van der Waals surface area (Å²) in [4.78, 5) is 9.25. The van der Waals surface area contributed by atoms with Gasteiger partial charge in [0.2, 0.25) is 0 Å². The third kappa shape index (κ3) is 143. The van der Waals surface area contributed by atoms with Gasteiger partial charge in [-0.15, -0.1) is 0 Å². The molecule has 3 nitrogen and oxygen atoms in total. The maximum atomic E-state index is 9.25. The highest BCUT2D eigenvalue weighted by molar-refractivity contribution is 5.78. The van der Waals surface area contributed by atoms with Gasteiger partial charge < -0.3 is 5.11 Å². The molecule has 8 heavy (non-hydrogen) atoms. The molecule has 0 saturated carbocycles. The Morgan fingerprint density at radius 1 is 1.88 bits per heavy atom. The normalized spacial score (nSPS) is 5.00. The molecular formula is C5H7NO2. The standard InChI is InChI=1S/C3H4O2.C2H3N/c1-2-3(4)5;1-2-3/h2H,1H2,(H,4,5);3H,1H2. The van der Waals surface area contributed by atoms with Crippen molar-refractivity contribution >= 4 is 11.8 Å². The summed E-state index contributed by atoms with van der Waals surface area (Å²) < 4.78 is 0. The summed E-state index contributed by atoms with van der Waals surface area (Å²) in [6.07, 6.45) is 0.833. The molecule has 0 unspecified atom stereocenters. The van der Waals surface area contributed by atoms with E-state index >= 15 is 0 Å². The predicted molar refractivity (Wildman–Crippen MR) is 31.2 cm³/mol. The van der Waals surface area contributed by atoms with Crippen LogP contribution >= 0.6 is 0 Å². The van der Waals surface area contributed by atoms with Crippen LogP contribution < -0.4 is 0 Å². The molecule has 0 aromatic heterocycles. The lowest BCUT2D eigenvalue weighted by Crippen LogP contribution is -1.82. The summed E-state index contributed by atoms with van der Waals surface area (Å²) in [5.74, 6) is 0.769. The van der Waals surface area contributed by atoms with Gasteiger partial charge in [-0.05, 0) is 12.4 Å². The Balaban J connectivity index is 0. The quantitative estimate of drug-likeness (QED) is 0.388. The molecule has 0 bridgehead atoms. The molecule has 0 radical (unpaired) electrons. The molecule has 0 aromatic carbocycles. The molecule has 0 heterocycles. The second-order valence-electron chi connectivity index (χ2n) is 0.719. The van der Waals surface area contributed by atoms with E-state index in [1.165, 1.54) is 0 Å². The van der Waals surface area contributed by atoms with E-state index in [-0.39, 0.29) is 0 Å². The lowest BCUT2D eigenvalue weighted by Gasteiger charge is -1.64. The van der Waals surface area contributed by atoms with Gasteiger partial charge in [0, 0.05) is 6.08 Å². The van der Waals surface area contributed by atoms with E-state index in [4.69, 9.17) is 10.5 Å². The van der Waals surface area contributed by atoms with Gasteiger partial charge in [-0.1, -0.05) is 6.58 Å². The zero-order valence-electron chi connectivity index (χ0n) is 4.35. The van der Waals surface area contributed by atoms with Gasteiger partial charge in [-0.2, -0.15) is 0 Å². The van der Waals surface area contributed by atoms with Crippen LogP contribution in [0.25, 0.3) is 0 Å². The number of hydrogen-bond acceptors (Lipinski definition) is 2.